The number of benzene rings is 3. The van der Waals surface area contributed by atoms with Gasteiger partial charge in [0.1, 0.15) is 11.6 Å². The van der Waals surface area contributed by atoms with Gasteiger partial charge in [-0.15, -0.1) is 0 Å². The van der Waals surface area contributed by atoms with Crippen molar-refractivity contribution >= 4 is 51.2 Å². The van der Waals surface area contributed by atoms with Gasteiger partial charge < -0.3 is 10.1 Å². The fourth-order valence-electron chi connectivity index (χ4n) is 2.48. The summed E-state index contributed by atoms with van der Waals surface area (Å²) in [5, 5.41) is 6.58. The van der Waals surface area contributed by atoms with E-state index in [-0.39, 0.29) is 29.0 Å². The zero-order chi connectivity index (χ0) is 22.2. The maximum absolute atomic E-state index is 13.6. The Morgan fingerprint density at radius 1 is 1.10 bits per heavy atom. The minimum Gasteiger partial charge on any atom is -0.482 e. The van der Waals surface area contributed by atoms with Crippen LogP contribution in [0.25, 0.3) is 0 Å². The molecule has 0 aliphatic heterocycles. The first-order chi connectivity index (χ1) is 14.9. The largest absolute Gasteiger partial charge is 0.482 e. The summed E-state index contributed by atoms with van der Waals surface area (Å²) in [5.74, 6) is -1.15. The lowest BCUT2D eigenvalue weighted by Gasteiger charge is -2.09. The van der Waals surface area contributed by atoms with E-state index >= 15 is 0 Å². The number of hydrogen-bond acceptors (Lipinski definition) is 4. The maximum Gasteiger partial charge on any atom is 0.272 e. The topological polar surface area (TPSA) is 79.8 Å². The average Bonchev–Trinajstić information content (AvgIpc) is 2.75. The van der Waals surface area contributed by atoms with Crippen molar-refractivity contribution in [1.29, 1.82) is 0 Å². The summed E-state index contributed by atoms with van der Waals surface area (Å²) >= 11 is 9.49. The Balaban J connectivity index is 1.54. The fourth-order valence-corrected chi connectivity index (χ4v) is 3.19. The maximum atomic E-state index is 13.6. The van der Waals surface area contributed by atoms with Gasteiger partial charge in [0, 0.05) is 4.47 Å². The molecule has 0 fully saturated rings. The van der Waals surface area contributed by atoms with Crippen molar-refractivity contribution in [2.24, 2.45) is 5.10 Å². The molecule has 31 heavy (non-hydrogen) atoms. The molecule has 9 heteroatoms. The van der Waals surface area contributed by atoms with Crippen molar-refractivity contribution in [3.05, 3.63) is 93.2 Å². The minimum atomic E-state index is -0.538. The molecule has 0 spiro atoms. The predicted octanol–water partition coefficient (Wildman–Crippen LogP) is 5.02. The van der Waals surface area contributed by atoms with Crippen molar-refractivity contribution < 1.29 is 18.7 Å². The van der Waals surface area contributed by atoms with Gasteiger partial charge in [-0.25, -0.2) is 9.82 Å². The smallest absolute Gasteiger partial charge is 0.272 e. The van der Waals surface area contributed by atoms with Gasteiger partial charge >= 0.3 is 0 Å². The van der Waals surface area contributed by atoms with Crippen molar-refractivity contribution in [3.8, 4) is 5.75 Å². The molecular formula is C22H16BrClFN3O3. The van der Waals surface area contributed by atoms with Gasteiger partial charge in [-0.2, -0.15) is 5.10 Å². The molecule has 3 aromatic carbocycles. The predicted molar refractivity (Wildman–Crippen MR) is 121 cm³/mol. The molecule has 158 valence electrons. The number of amides is 2. The van der Waals surface area contributed by atoms with Crippen LogP contribution in [0.5, 0.6) is 5.75 Å². The van der Waals surface area contributed by atoms with Crippen LogP contribution in [0.1, 0.15) is 15.9 Å². The Kier molecular flexibility index (Phi) is 7.75. The van der Waals surface area contributed by atoms with Crippen molar-refractivity contribution in [2.75, 3.05) is 11.9 Å². The Morgan fingerprint density at radius 2 is 1.84 bits per heavy atom. The third-order valence-corrected chi connectivity index (χ3v) is 4.95. The van der Waals surface area contributed by atoms with E-state index in [1.54, 1.807) is 48.5 Å². The van der Waals surface area contributed by atoms with Crippen LogP contribution in [0, 0.1) is 5.82 Å². The molecule has 0 unspecified atom stereocenters. The van der Waals surface area contributed by atoms with E-state index in [1.807, 2.05) is 0 Å². The van der Waals surface area contributed by atoms with Crippen LogP contribution < -0.4 is 15.5 Å². The molecule has 0 saturated heterocycles. The standard InChI is InChI=1S/C22H16BrClFN3O3/c23-16-6-2-1-5-15(16)22(30)28-26-12-14-9-10-20(17(24)11-14)31-13-21(29)27-19-8-4-3-7-18(19)25/h1-12H,13H2,(H,27,29)(H,28,30)/b26-12-. The van der Waals surface area contributed by atoms with Gasteiger partial charge in [-0.3, -0.25) is 9.59 Å². The monoisotopic (exact) mass is 503 g/mol. The average molecular weight is 505 g/mol. The third-order valence-electron chi connectivity index (χ3n) is 3.96. The lowest BCUT2D eigenvalue weighted by molar-refractivity contribution is -0.118. The molecule has 0 atom stereocenters. The highest BCUT2D eigenvalue weighted by Crippen LogP contribution is 2.25. The van der Waals surface area contributed by atoms with E-state index < -0.39 is 11.7 Å². The second kappa shape index (κ2) is 10.7. The lowest BCUT2D eigenvalue weighted by atomic mass is 10.2. The summed E-state index contributed by atoms with van der Waals surface area (Å²) < 4.78 is 19.6. The zero-order valence-corrected chi connectivity index (χ0v) is 18.3. The molecule has 6 nitrogen and oxygen atoms in total. The van der Waals surface area contributed by atoms with E-state index in [2.05, 4.69) is 31.8 Å². The molecule has 0 heterocycles. The van der Waals surface area contributed by atoms with Crippen LogP contribution in [0.15, 0.2) is 76.3 Å². The number of ether oxygens (including phenoxy) is 1. The van der Waals surface area contributed by atoms with Crippen LogP contribution in [0.4, 0.5) is 10.1 Å². The molecule has 0 saturated carbocycles. The molecule has 3 aromatic rings. The summed E-state index contributed by atoms with van der Waals surface area (Å²) in [4.78, 5) is 24.1. The molecule has 0 aliphatic rings. The van der Waals surface area contributed by atoms with Crippen LogP contribution >= 0.6 is 27.5 Å². The summed E-state index contributed by atoms with van der Waals surface area (Å²) in [5.41, 5.74) is 3.57. The summed E-state index contributed by atoms with van der Waals surface area (Å²) in [7, 11) is 0. The van der Waals surface area contributed by atoms with Crippen LogP contribution in [-0.4, -0.2) is 24.6 Å². The van der Waals surface area contributed by atoms with Gasteiger partial charge in [0.25, 0.3) is 11.8 Å². The first-order valence-electron chi connectivity index (χ1n) is 8.98. The van der Waals surface area contributed by atoms with E-state index in [0.29, 0.717) is 15.6 Å². The number of hydrogen-bond donors (Lipinski definition) is 2. The van der Waals surface area contributed by atoms with E-state index in [0.717, 1.165) is 0 Å². The molecule has 2 amide bonds. The highest BCUT2D eigenvalue weighted by Gasteiger charge is 2.10. The van der Waals surface area contributed by atoms with Crippen molar-refractivity contribution in [3.63, 3.8) is 0 Å². The van der Waals surface area contributed by atoms with Crippen molar-refractivity contribution in [2.45, 2.75) is 0 Å². The summed E-state index contributed by atoms with van der Waals surface area (Å²) in [6.07, 6.45) is 1.43. The first kappa shape index (κ1) is 22.5. The number of nitrogens with zero attached hydrogens (tertiary/aromatic N) is 1. The van der Waals surface area contributed by atoms with E-state index in [9.17, 15) is 14.0 Å². The Bertz CT molecular complexity index is 1140. The van der Waals surface area contributed by atoms with Crippen molar-refractivity contribution in [1.82, 2.24) is 5.43 Å². The quantitative estimate of drug-likeness (QED) is 0.350. The van der Waals surface area contributed by atoms with Crippen LogP contribution in [0.2, 0.25) is 5.02 Å². The molecule has 0 radical (unpaired) electrons. The number of para-hydroxylation sites is 1. The fraction of sp³-hybridized carbons (Fsp3) is 0.0455. The Labute approximate surface area is 191 Å². The second-order valence-corrected chi connectivity index (χ2v) is 7.45. The van der Waals surface area contributed by atoms with Gasteiger partial charge in [0.2, 0.25) is 0 Å². The molecule has 0 bridgehead atoms. The highest BCUT2D eigenvalue weighted by atomic mass is 79.9. The molecule has 0 aliphatic carbocycles. The number of hydrazone groups is 1. The van der Waals surface area contributed by atoms with Crippen LogP contribution in [-0.2, 0) is 4.79 Å². The van der Waals surface area contributed by atoms with E-state index in [1.165, 1.54) is 24.4 Å². The normalized spacial score (nSPS) is 10.7. The summed E-state index contributed by atoms with van der Waals surface area (Å²) in [6, 6.07) is 17.6. The first-order valence-corrected chi connectivity index (χ1v) is 10.2. The number of halogens is 3. The molecule has 2 N–H and O–H groups in total. The molecule has 0 aromatic heterocycles. The van der Waals surface area contributed by atoms with Gasteiger partial charge in [0.15, 0.2) is 6.61 Å². The molecular weight excluding hydrogens is 489 g/mol. The number of rotatable bonds is 7. The minimum absolute atomic E-state index is 0.0679. The number of anilines is 1. The number of nitrogens with one attached hydrogen (secondary N) is 2. The third kappa shape index (κ3) is 6.37. The highest BCUT2D eigenvalue weighted by molar-refractivity contribution is 9.10. The zero-order valence-electron chi connectivity index (χ0n) is 15.9. The SMILES string of the molecule is O=C(COc1ccc(/C=N\NC(=O)c2ccccc2Br)cc1Cl)Nc1ccccc1F. The van der Waals surface area contributed by atoms with Gasteiger partial charge in [0.05, 0.1) is 22.5 Å². The Hall–Kier alpha value is -3.23. The van der Waals surface area contributed by atoms with Gasteiger partial charge in [-0.05, 0) is 64.0 Å². The van der Waals surface area contributed by atoms with Gasteiger partial charge in [-0.1, -0.05) is 35.9 Å². The number of carbonyl (C=O) groups is 2. The van der Waals surface area contributed by atoms with Crippen LogP contribution in [0.3, 0.4) is 0 Å². The number of carbonyl (C=O) groups excluding carboxylic acids is 2. The lowest BCUT2D eigenvalue weighted by Crippen LogP contribution is -2.20. The van der Waals surface area contributed by atoms with E-state index in [4.69, 9.17) is 16.3 Å². The second-order valence-electron chi connectivity index (χ2n) is 6.19. The molecule has 3 rings (SSSR count). The summed E-state index contributed by atoms with van der Waals surface area (Å²) in [6.45, 7) is -0.344. The Morgan fingerprint density at radius 3 is 2.58 bits per heavy atom.